The van der Waals surface area contributed by atoms with E-state index in [9.17, 15) is 9.59 Å². The lowest BCUT2D eigenvalue weighted by atomic mass is 9.93. The highest BCUT2D eigenvalue weighted by molar-refractivity contribution is 9.10. The van der Waals surface area contributed by atoms with Gasteiger partial charge in [-0.1, -0.05) is 34.1 Å². The van der Waals surface area contributed by atoms with Gasteiger partial charge in [-0.25, -0.2) is 0 Å². The van der Waals surface area contributed by atoms with Gasteiger partial charge in [0.2, 0.25) is 5.91 Å². The Bertz CT molecular complexity index is 1190. The molecule has 1 aliphatic carbocycles. The van der Waals surface area contributed by atoms with Crippen LogP contribution in [0.2, 0.25) is 0 Å². The Labute approximate surface area is 194 Å². The van der Waals surface area contributed by atoms with Crippen molar-refractivity contribution in [2.45, 2.75) is 45.7 Å². The second kappa shape index (κ2) is 8.58. The highest BCUT2D eigenvalue weighted by atomic mass is 79.9. The Kier molecular flexibility index (Phi) is 5.63. The zero-order chi connectivity index (χ0) is 22.2. The molecular weight excluding hydrogens is 472 g/mol. The van der Waals surface area contributed by atoms with Crippen molar-refractivity contribution in [1.82, 2.24) is 20.0 Å². The van der Waals surface area contributed by atoms with Gasteiger partial charge in [-0.3, -0.25) is 14.3 Å². The minimum Gasteiger partial charge on any atom is -0.455 e. The number of fused-ring (bicyclic) bond motifs is 3. The maximum atomic E-state index is 12.9. The van der Waals surface area contributed by atoms with Crippen LogP contribution in [0.3, 0.4) is 0 Å². The van der Waals surface area contributed by atoms with Gasteiger partial charge >= 0.3 is 0 Å². The number of nitrogens with one attached hydrogen (secondary N) is 1. The van der Waals surface area contributed by atoms with Crippen LogP contribution in [-0.2, 0) is 30.7 Å². The van der Waals surface area contributed by atoms with Crippen LogP contribution in [0.25, 0.3) is 11.3 Å². The van der Waals surface area contributed by atoms with Gasteiger partial charge in [0.15, 0.2) is 5.76 Å². The van der Waals surface area contributed by atoms with Crippen LogP contribution in [-0.4, -0.2) is 39.6 Å². The van der Waals surface area contributed by atoms with Gasteiger partial charge in [0.25, 0.3) is 5.91 Å². The summed E-state index contributed by atoms with van der Waals surface area (Å²) in [7, 11) is 0. The summed E-state index contributed by atoms with van der Waals surface area (Å²) in [6.07, 6.45) is 5.54. The summed E-state index contributed by atoms with van der Waals surface area (Å²) in [5.41, 5.74) is 4.70. The van der Waals surface area contributed by atoms with Crippen LogP contribution in [0.5, 0.6) is 0 Å². The Hall–Kier alpha value is -2.87. The van der Waals surface area contributed by atoms with Gasteiger partial charge in [0, 0.05) is 47.9 Å². The molecule has 2 aromatic heterocycles. The largest absolute Gasteiger partial charge is 0.455 e. The lowest BCUT2D eigenvalue weighted by Gasteiger charge is -2.13. The predicted molar refractivity (Wildman–Crippen MR) is 123 cm³/mol. The van der Waals surface area contributed by atoms with Crippen LogP contribution in [0.1, 0.15) is 45.8 Å². The number of hydrogen-bond acceptors (Lipinski definition) is 4. The fourth-order valence-electron chi connectivity index (χ4n) is 4.55. The minimum atomic E-state index is -0.102. The van der Waals surface area contributed by atoms with Crippen LogP contribution in [0.4, 0.5) is 0 Å². The average Bonchev–Trinajstić information content (AvgIpc) is 3.51. The standard InChI is InChI=1S/C24H25BrN4O3/c1-15-21-19(32-23(15)24(31)28-10-4-5-11-28)9-8-17-13-29(27-22(17)21)14-20(30)26-12-16-6-2-3-7-18(16)25/h2-3,6-7,13H,4-5,8-12,14H2,1H3,(H,26,30). The van der Waals surface area contributed by atoms with Gasteiger partial charge in [-0.15, -0.1) is 0 Å². The van der Waals surface area contributed by atoms with Gasteiger partial charge in [-0.2, -0.15) is 5.10 Å². The first-order valence-electron chi connectivity index (χ1n) is 11.0. The number of carbonyl (C=O) groups excluding carboxylic acids is 2. The fourth-order valence-corrected chi connectivity index (χ4v) is 4.98. The molecule has 166 valence electrons. The second-order valence-electron chi connectivity index (χ2n) is 8.42. The normalized spacial score (nSPS) is 14.9. The molecule has 0 unspecified atom stereocenters. The average molecular weight is 497 g/mol. The third kappa shape index (κ3) is 3.88. The van der Waals surface area contributed by atoms with Crippen molar-refractivity contribution < 1.29 is 14.0 Å². The van der Waals surface area contributed by atoms with Crippen LogP contribution in [0.15, 0.2) is 39.4 Å². The number of furan rings is 1. The van der Waals surface area contributed by atoms with Crippen molar-refractivity contribution in [2.24, 2.45) is 0 Å². The summed E-state index contributed by atoms with van der Waals surface area (Å²) in [5.74, 6) is 1.13. The van der Waals surface area contributed by atoms with Crippen molar-refractivity contribution in [3.05, 3.63) is 63.1 Å². The van der Waals surface area contributed by atoms with E-state index >= 15 is 0 Å². The molecule has 2 aliphatic rings. The van der Waals surface area contributed by atoms with E-state index < -0.39 is 0 Å². The highest BCUT2D eigenvalue weighted by Gasteiger charge is 2.32. The topological polar surface area (TPSA) is 80.4 Å². The number of carbonyl (C=O) groups is 2. The zero-order valence-electron chi connectivity index (χ0n) is 18.0. The van der Waals surface area contributed by atoms with Crippen molar-refractivity contribution in [3.63, 3.8) is 0 Å². The van der Waals surface area contributed by atoms with Gasteiger partial charge in [-0.05, 0) is 43.4 Å². The molecule has 5 rings (SSSR count). The molecule has 1 N–H and O–H groups in total. The van der Waals surface area contributed by atoms with Gasteiger partial charge in [0.1, 0.15) is 12.3 Å². The Morgan fingerprint density at radius 3 is 2.75 bits per heavy atom. The molecule has 1 aromatic carbocycles. The summed E-state index contributed by atoms with van der Waals surface area (Å²) >= 11 is 3.50. The number of hydrogen-bond donors (Lipinski definition) is 1. The smallest absolute Gasteiger partial charge is 0.289 e. The molecule has 1 aliphatic heterocycles. The first-order valence-corrected chi connectivity index (χ1v) is 11.8. The number of likely N-dealkylation sites (tertiary alicyclic amines) is 1. The molecule has 0 bridgehead atoms. The molecule has 32 heavy (non-hydrogen) atoms. The van der Waals surface area contributed by atoms with Gasteiger partial charge in [0.05, 0.1) is 5.69 Å². The second-order valence-corrected chi connectivity index (χ2v) is 9.28. The van der Waals surface area contributed by atoms with Crippen LogP contribution >= 0.6 is 15.9 Å². The molecule has 7 nitrogen and oxygen atoms in total. The molecule has 1 fully saturated rings. The zero-order valence-corrected chi connectivity index (χ0v) is 19.6. The van der Waals surface area contributed by atoms with Crippen LogP contribution < -0.4 is 5.32 Å². The SMILES string of the molecule is Cc1c(C(=O)N2CCCC2)oc2c1-c1nn(CC(=O)NCc3ccccc3Br)cc1CC2. The van der Waals surface area contributed by atoms with Crippen molar-refractivity contribution in [3.8, 4) is 11.3 Å². The van der Waals surface area contributed by atoms with E-state index in [0.717, 1.165) is 77.0 Å². The summed E-state index contributed by atoms with van der Waals surface area (Å²) in [5, 5.41) is 7.65. The Morgan fingerprint density at radius 1 is 1.19 bits per heavy atom. The van der Waals surface area contributed by atoms with E-state index in [1.165, 1.54) is 0 Å². The summed E-state index contributed by atoms with van der Waals surface area (Å²) in [6.45, 7) is 4.11. The van der Waals surface area contributed by atoms with E-state index in [1.807, 2.05) is 42.3 Å². The molecule has 0 radical (unpaired) electrons. The summed E-state index contributed by atoms with van der Waals surface area (Å²) < 4.78 is 8.69. The van der Waals surface area contributed by atoms with E-state index in [4.69, 9.17) is 9.52 Å². The molecule has 3 aromatic rings. The molecule has 8 heteroatoms. The van der Waals surface area contributed by atoms with Crippen LogP contribution in [0, 0.1) is 6.92 Å². The molecular formula is C24H25BrN4O3. The maximum Gasteiger partial charge on any atom is 0.289 e. The molecule has 0 spiro atoms. The number of amides is 2. The lowest BCUT2D eigenvalue weighted by Crippen LogP contribution is -2.27. The van der Waals surface area contributed by atoms with E-state index in [1.54, 1.807) is 4.68 Å². The number of benzene rings is 1. The maximum absolute atomic E-state index is 12.9. The summed E-state index contributed by atoms with van der Waals surface area (Å²) in [4.78, 5) is 27.3. The third-order valence-corrected chi connectivity index (χ3v) is 7.02. The van der Waals surface area contributed by atoms with Crippen molar-refractivity contribution in [2.75, 3.05) is 13.1 Å². The first kappa shape index (κ1) is 21.0. The third-order valence-electron chi connectivity index (χ3n) is 6.24. The number of rotatable bonds is 5. The van der Waals surface area contributed by atoms with E-state index in [-0.39, 0.29) is 18.4 Å². The Balaban J connectivity index is 1.33. The number of aromatic nitrogens is 2. The number of nitrogens with zero attached hydrogens (tertiary/aromatic N) is 3. The fraction of sp³-hybridized carbons (Fsp3) is 0.375. The molecule has 0 saturated carbocycles. The quantitative estimate of drug-likeness (QED) is 0.581. The van der Waals surface area contributed by atoms with Crippen molar-refractivity contribution >= 4 is 27.7 Å². The van der Waals surface area contributed by atoms with Crippen molar-refractivity contribution in [1.29, 1.82) is 0 Å². The molecule has 3 heterocycles. The monoisotopic (exact) mass is 496 g/mol. The minimum absolute atomic E-state index is 0.0261. The molecule has 0 atom stereocenters. The summed E-state index contributed by atoms with van der Waals surface area (Å²) in [6, 6.07) is 7.82. The number of aryl methyl sites for hydroxylation is 2. The van der Waals surface area contributed by atoms with Gasteiger partial charge < -0.3 is 14.6 Å². The van der Waals surface area contributed by atoms with E-state index in [2.05, 4.69) is 21.2 Å². The van der Waals surface area contributed by atoms with E-state index in [0.29, 0.717) is 12.3 Å². The number of halogens is 1. The predicted octanol–water partition coefficient (Wildman–Crippen LogP) is 3.87. The lowest BCUT2D eigenvalue weighted by molar-refractivity contribution is -0.122. The molecule has 1 saturated heterocycles. The highest BCUT2D eigenvalue weighted by Crippen LogP contribution is 2.38. The Morgan fingerprint density at radius 2 is 1.97 bits per heavy atom. The molecule has 2 amide bonds. The first-order chi connectivity index (χ1) is 15.5.